The molecular weight excluding hydrogens is 449 g/mol. The molecule has 170 valence electrons. The topological polar surface area (TPSA) is 73.8 Å². The molecule has 1 N–H and O–H groups in total. The zero-order valence-electron chi connectivity index (χ0n) is 19.2. The lowest BCUT2D eigenvalue weighted by molar-refractivity contribution is -0.114. The average Bonchev–Trinajstić information content (AvgIpc) is 3.33. The van der Waals surface area contributed by atoms with E-state index in [1.54, 1.807) is 18.2 Å². The fourth-order valence-electron chi connectivity index (χ4n) is 4.29. The van der Waals surface area contributed by atoms with E-state index in [4.69, 9.17) is 5.41 Å². The van der Waals surface area contributed by atoms with Gasteiger partial charge in [-0.05, 0) is 92.6 Å². The van der Waals surface area contributed by atoms with Crippen molar-refractivity contribution in [3.8, 4) is 5.69 Å². The number of halogens is 1. The van der Waals surface area contributed by atoms with E-state index in [-0.39, 0.29) is 17.2 Å². The number of benzene rings is 2. The van der Waals surface area contributed by atoms with Crippen molar-refractivity contribution in [2.24, 2.45) is 10.1 Å². The lowest BCUT2D eigenvalue weighted by Gasteiger charge is -2.20. The van der Waals surface area contributed by atoms with E-state index in [1.807, 2.05) is 26.0 Å². The second kappa shape index (κ2) is 8.22. The highest BCUT2D eigenvalue weighted by atomic mass is 32.2. The maximum Gasteiger partial charge on any atom is 0.283 e. The van der Waals surface area contributed by atoms with Crippen molar-refractivity contribution in [1.29, 1.82) is 5.41 Å². The Hall–Kier alpha value is -3.78. The average molecular weight is 472 g/mol. The first-order valence-electron chi connectivity index (χ1n) is 10.8. The first-order chi connectivity index (χ1) is 16.2. The molecule has 0 spiro atoms. The van der Waals surface area contributed by atoms with Crippen LogP contribution in [0, 0.1) is 38.9 Å². The van der Waals surface area contributed by atoms with E-state index in [1.165, 1.54) is 28.9 Å². The summed E-state index contributed by atoms with van der Waals surface area (Å²) in [4.78, 5) is 17.0. The Morgan fingerprint density at radius 2 is 1.71 bits per heavy atom. The van der Waals surface area contributed by atoms with Gasteiger partial charge in [-0.25, -0.2) is 4.39 Å². The first kappa shape index (κ1) is 22.0. The molecule has 2 aromatic carbocycles. The van der Waals surface area contributed by atoms with Crippen molar-refractivity contribution in [3.05, 3.63) is 93.6 Å². The molecule has 1 aromatic heterocycles. The predicted molar refractivity (Wildman–Crippen MR) is 135 cm³/mol. The molecule has 2 aliphatic rings. The summed E-state index contributed by atoms with van der Waals surface area (Å²) >= 11 is 1.19. The molecule has 0 unspecified atom stereocenters. The Morgan fingerprint density at radius 1 is 1.03 bits per heavy atom. The molecule has 0 saturated carbocycles. The number of fused-ring (bicyclic) bond motifs is 1. The number of para-hydroxylation sites is 1. The summed E-state index contributed by atoms with van der Waals surface area (Å²) in [5.74, 6) is -0.846. The Morgan fingerprint density at radius 3 is 2.38 bits per heavy atom. The number of aliphatic imine (C=N–C) groups is 1. The number of hydrogen-bond donors (Lipinski definition) is 1. The molecule has 8 heteroatoms. The number of amides is 1. The molecule has 0 fully saturated rings. The molecular formula is C26H22FN5OS. The number of hydrazone groups is 1. The van der Waals surface area contributed by atoms with Crippen molar-refractivity contribution in [1.82, 2.24) is 9.58 Å². The van der Waals surface area contributed by atoms with Gasteiger partial charge in [-0.15, -0.1) is 0 Å². The van der Waals surface area contributed by atoms with Gasteiger partial charge in [-0.1, -0.05) is 18.2 Å². The van der Waals surface area contributed by atoms with Crippen molar-refractivity contribution in [2.45, 2.75) is 27.7 Å². The predicted octanol–water partition coefficient (Wildman–Crippen LogP) is 5.52. The van der Waals surface area contributed by atoms with Crippen molar-refractivity contribution < 1.29 is 9.18 Å². The third kappa shape index (κ3) is 3.60. The number of thioether (sulfide) groups is 1. The highest BCUT2D eigenvalue weighted by Crippen LogP contribution is 2.32. The number of aryl methyl sites for hydroxylation is 3. The maximum absolute atomic E-state index is 13.3. The minimum atomic E-state index is -0.476. The number of aromatic nitrogens is 1. The largest absolute Gasteiger partial charge is 0.317 e. The van der Waals surface area contributed by atoms with Crippen LogP contribution in [0.4, 0.5) is 4.39 Å². The molecule has 1 amide bonds. The Bertz CT molecular complexity index is 1440. The highest BCUT2D eigenvalue weighted by Gasteiger charge is 2.36. The van der Waals surface area contributed by atoms with Crippen LogP contribution in [0.25, 0.3) is 11.8 Å². The lowest BCUT2D eigenvalue weighted by atomic mass is 10.1. The monoisotopic (exact) mass is 471 g/mol. The molecule has 0 atom stereocenters. The molecule has 0 aliphatic carbocycles. The minimum absolute atomic E-state index is 0.0310. The van der Waals surface area contributed by atoms with Crippen LogP contribution in [-0.4, -0.2) is 31.5 Å². The van der Waals surface area contributed by atoms with Gasteiger partial charge in [0.1, 0.15) is 10.9 Å². The number of carbonyl (C=O) groups is 1. The molecule has 6 nitrogen and oxygen atoms in total. The van der Waals surface area contributed by atoms with E-state index >= 15 is 0 Å². The van der Waals surface area contributed by atoms with E-state index in [9.17, 15) is 9.18 Å². The number of rotatable bonds is 3. The van der Waals surface area contributed by atoms with Gasteiger partial charge in [-0.2, -0.15) is 15.1 Å². The summed E-state index contributed by atoms with van der Waals surface area (Å²) in [7, 11) is 0. The van der Waals surface area contributed by atoms with Gasteiger partial charge in [0, 0.05) is 17.0 Å². The number of nitrogens with zero attached hydrogens (tertiary/aromatic N) is 4. The van der Waals surface area contributed by atoms with Crippen LogP contribution in [-0.2, 0) is 4.79 Å². The SMILES string of the molecule is Cc1cccc(C)c1-n1c(C)cc(C=C2C(=N)N3N=C(c4ccc(F)cc4)SC3=NC2=O)c1C. The van der Waals surface area contributed by atoms with Gasteiger partial charge < -0.3 is 4.57 Å². The van der Waals surface area contributed by atoms with Gasteiger partial charge >= 0.3 is 0 Å². The van der Waals surface area contributed by atoms with Crippen LogP contribution in [0.1, 0.15) is 33.6 Å². The fourth-order valence-corrected chi connectivity index (χ4v) is 5.19. The van der Waals surface area contributed by atoms with E-state index in [2.05, 4.69) is 40.6 Å². The summed E-state index contributed by atoms with van der Waals surface area (Å²) in [6.45, 7) is 8.20. The van der Waals surface area contributed by atoms with Gasteiger partial charge in [0.2, 0.25) is 5.17 Å². The molecule has 0 bridgehead atoms. The standard InChI is InChI=1S/C26H22FN5OS/c1-14-6-5-7-15(2)22(14)31-16(3)12-19(17(31)4)13-21-23(28)32-26(29-24(21)33)34-25(30-32)18-8-10-20(27)11-9-18/h5-13,28H,1-4H3. The van der Waals surface area contributed by atoms with E-state index in [0.29, 0.717) is 15.8 Å². The van der Waals surface area contributed by atoms with Crippen molar-refractivity contribution in [2.75, 3.05) is 0 Å². The summed E-state index contributed by atoms with van der Waals surface area (Å²) in [5, 5.41) is 15.4. The van der Waals surface area contributed by atoms with Gasteiger partial charge in [-0.3, -0.25) is 10.2 Å². The third-order valence-corrected chi connectivity index (χ3v) is 6.94. The maximum atomic E-state index is 13.3. The summed E-state index contributed by atoms with van der Waals surface area (Å²) in [6, 6.07) is 14.2. The van der Waals surface area contributed by atoms with Crippen LogP contribution >= 0.6 is 11.8 Å². The minimum Gasteiger partial charge on any atom is -0.317 e. The van der Waals surface area contributed by atoms with Gasteiger partial charge in [0.15, 0.2) is 5.84 Å². The number of nitrogens with one attached hydrogen (secondary N) is 1. The van der Waals surface area contributed by atoms with Crippen molar-refractivity contribution >= 4 is 39.8 Å². The molecule has 34 heavy (non-hydrogen) atoms. The molecule has 0 radical (unpaired) electrons. The zero-order valence-corrected chi connectivity index (χ0v) is 20.0. The normalized spacial score (nSPS) is 16.7. The van der Waals surface area contributed by atoms with E-state index in [0.717, 1.165) is 33.8 Å². The fraction of sp³-hybridized carbons (Fsp3) is 0.154. The van der Waals surface area contributed by atoms with Crippen LogP contribution in [0.5, 0.6) is 0 Å². The van der Waals surface area contributed by atoms with Gasteiger partial charge in [0.25, 0.3) is 5.91 Å². The van der Waals surface area contributed by atoms with Crippen LogP contribution in [0.15, 0.2) is 64.2 Å². The Labute approximate surface area is 201 Å². The number of carbonyl (C=O) groups excluding carboxylic acids is 1. The van der Waals surface area contributed by atoms with E-state index < -0.39 is 5.91 Å². The number of hydrogen-bond acceptors (Lipinski definition) is 4. The quantitative estimate of drug-likeness (QED) is 0.512. The molecule has 5 rings (SSSR count). The van der Waals surface area contributed by atoms with Gasteiger partial charge in [0.05, 0.1) is 11.3 Å². The molecule has 3 heterocycles. The lowest BCUT2D eigenvalue weighted by Crippen LogP contribution is -2.35. The second-order valence-corrected chi connectivity index (χ2v) is 9.29. The molecule has 0 saturated heterocycles. The highest BCUT2D eigenvalue weighted by molar-refractivity contribution is 8.27. The van der Waals surface area contributed by atoms with Crippen molar-refractivity contribution in [3.63, 3.8) is 0 Å². The molecule has 2 aliphatic heterocycles. The number of amidine groups is 2. The van der Waals surface area contributed by atoms with Crippen LogP contribution in [0.2, 0.25) is 0 Å². The smallest absolute Gasteiger partial charge is 0.283 e. The first-order valence-corrected chi connectivity index (χ1v) is 11.6. The molecule has 3 aromatic rings. The second-order valence-electron chi connectivity index (χ2n) is 8.33. The Balaban J connectivity index is 1.53. The summed E-state index contributed by atoms with van der Waals surface area (Å²) in [5.41, 5.74) is 7.18. The third-order valence-electron chi connectivity index (χ3n) is 5.98. The summed E-state index contributed by atoms with van der Waals surface area (Å²) < 4.78 is 15.5. The van der Waals surface area contributed by atoms with Crippen LogP contribution in [0.3, 0.4) is 0 Å². The van der Waals surface area contributed by atoms with Crippen LogP contribution < -0.4 is 0 Å². The Kier molecular flexibility index (Phi) is 5.32. The zero-order chi connectivity index (χ0) is 24.1. The summed E-state index contributed by atoms with van der Waals surface area (Å²) in [6.07, 6.45) is 1.72.